The summed E-state index contributed by atoms with van der Waals surface area (Å²) < 4.78 is 10.8. The Morgan fingerprint density at radius 1 is 1.22 bits per heavy atom. The molecular weight excluding hydrogens is 350 g/mol. The molecule has 0 fully saturated rings. The van der Waals surface area contributed by atoms with Crippen LogP contribution in [0.5, 0.6) is 11.5 Å². The van der Waals surface area contributed by atoms with Crippen LogP contribution in [0.1, 0.15) is 12.5 Å². The number of hydrazone groups is 1. The van der Waals surface area contributed by atoms with Gasteiger partial charge in [0.05, 0.1) is 11.1 Å². The summed E-state index contributed by atoms with van der Waals surface area (Å²) in [5.41, 5.74) is 3.11. The fraction of sp³-hybridized carbons (Fsp3) is 0.158. The SMILES string of the molecule is C=CCOc1ccc(C=NNC(=O)C(C)Oc2ccc([N+](=O)[O-])cc2)cc1. The Labute approximate surface area is 156 Å². The van der Waals surface area contributed by atoms with Crippen molar-refractivity contribution in [1.29, 1.82) is 0 Å². The molecule has 1 atom stereocenters. The second kappa shape index (κ2) is 9.71. The van der Waals surface area contributed by atoms with E-state index >= 15 is 0 Å². The van der Waals surface area contributed by atoms with E-state index in [1.54, 1.807) is 37.3 Å². The predicted octanol–water partition coefficient (Wildman–Crippen LogP) is 3.08. The summed E-state index contributed by atoms with van der Waals surface area (Å²) in [6.45, 7) is 5.56. The molecule has 8 nitrogen and oxygen atoms in total. The van der Waals surface area contributed by atoms with Crippen LogP contribution in [-0.2, 0) is 4.79 Å². The van der Waals surface area contributed by atoms with Crippen LogP contribution in [0.4, 0.5) is 5.69 Å². The molecular formula is C19H19N3O5. The van der Waals surface area contributed by atoms with E-state index in [1.165, 1.54) is 30.5 Å². The highest BCUT2D eigenvalue weighted by atomic mass is 16.6. The molecule has 2 rings (SSSR count). The molecule has 0 saturated carbocycles. The number of rotatable bonds is 9. The number of amides is 1. The molecule has 0 spiro atoms. The highest BCUT2D eigenvalue weighted by molar-refractivity contribution is 5.84. The van der Waals surface area contributed by atoms with Gasteiger partial charge in [0, 0.05) is 12.1 Å². The molecule has 0 bridgehead atoms. The molecule has 140 valence electrons. The summed E-state index contributed by atoms with van der Waals surface area (Å²) >= 11 is 0. The topological polar surface area (TPSA) is 103 Å². The van der Waals surface area contributed by atoms with Gasteiger partial charge < -0.3 is 9.47 Å². The summed E-state index contributed by atoms with van der Waals surface area (Å²) in [5, 5.41) is 14.5. The van der Waals surface area contributed by atoms with E-state index in [2.05, 4.69) is 17.1 Å². The maximum Gasteiger partial charge on any atom is 0.280 e. The molecule has 0 aromatic heterocycles. The summed E-state index contributed by atoms with van der Waals surface area (Å²) in [5.74, 6) is 0.610. The van der Waals surface area contributed by atoms with E-state index in [-0.39, 0.29) is 5.69 Å². The number of hydrogen-bond acceptors (Lipinski definition) is 6. The van der Waals surface area contributed by atoms with Crippen molar-refractivity contribution in [3.05, 3.63) is 76.9 Å². The third-order valence-electron chi connectivity index (χ3n) is 3.37. The van der Waals surface area contributed by atoms with E-state index in [4.69, 9.17) is 9.47 Å². The zero-order valence-electron chi connectivity index (χ0n) is 14.7. The average molecular weight is 369 g/mol. The van der Waals surface area contributed by atoms with Crippen molar-refractivity contribution in [2.75, 3.05) is 6.61 Å². The third-order valence-corrected chi connectivity index (χ3v) is 3.37. The molecule has 27 heavy (non-hydrogen) atoms. The van der Waals surface area contributed by atoms with Gasteiger partial charge in [-0.2, -0.15) is 5.10 Å². The number of carbonyl (C=O) groups excluding carboxylic acids is 1. The lowest BCUT2D eigenvalue weighted by molar-refractivity contribution is -0.384. The minimum absolute atomic E-state index is 0.0510. The molecule has 0 aliphatic carbocycles. The minimum Gasteiger partial charge on any atom is -0.490 e. The van der Waals surface area contributed by atoms with E-state index < -0.39 is 16.9 Å². The van der Waals surface area contributed by atoms with E-state index in [9.17, 15) is 14.9 Å². The first-order valence-electron chi connectivity index (χ1n) is 8.07. The molecule has 0 aliphatic rings. The zero-order valence-corrected chi connectivity index (χ0v) is 14.7. The van der Waals surface area contributed by atoms with Gasteiger partial charge in [0.25, 0.3) is 11.6 Å². The monoisotopic (exact) mass is 369 g/mol. The van der Waals surface area contributed by atoms with E-state index in [0.29, 0.717) is 18.1 Å². The third kappa shape index (κ3) is 6.28. The Hall–Kier alpha value is -3.68. The zero-order chi connectivity index (χ0) is 19.6. The van der Waals surface area contributed by atoms with Crippen LogP contribution in [0.15, 0.2) is 66.3 Å². The predicted molar refractivity (Wildman–Crippen MR) is 101 cm³/mol. The van der Waals surface area contributed by atoms with Gasteiger partial charge in [-0.25, -0.2) is 5.43 Å². The van der Waals surface area contributed by atoms with Crippen molar-refractivity contribution in [2.45, 2.75) is 13.0 Å². The number of ether oxygens (including phenoxy) is 2. The quantitative estimate of drug-likeness (QED) is 0.317. The Bertz CT molecular complexity index is 816. The average Bonchev–Trinajstić information content (AvgIpc) is 2.67. The Kier molecular flexibility index (Phi) is 7.07. The van der Waals surface area contributed by atoms with Crippen molar-refractivity contribution >= 4 is 17.8 Å². The molecule has 2 aromatic carbocycles. The molecule has 1 N–H and O–H groups in total. The standard InChI is InChI=1S/C19H19N3O5/c1-3-12-26-17-8-4-15(5-9-17)13-20-21-19(23)14(2)27-18-10-6-16(7-11-18)22(24)25/h3-11,13-14H,1,12H2,2H3,(H,21,23). The van der Waals surface area contributed by atoms with Gasteiger partial charge in [-0.05, 0) is 48.9 Å². The van der Waals surface area contributed by atoms with Crippen LogP contribution in [0, 0.1) is 10.1 Å². The van der Waals surface area contributed by atoms with Gasteiger partial charge in [0.15, 0.2) is 6.10 Å². The van der Waals surface area contributed by atoms with E-state index in [0.717, 1.165) is 5.56 Å². The van der Waals surface area contributed by atoms with Crippen LogP contribution < -0.4 is 14.9 Å². The summed E-state index contributed by atoms with van der Waals surface area (Å²) in [6.07, 6.45) is 2.33. The highest BCUT2D eigenvalue weighted by Crippen LogP contribution is 2.18. The molecule has 2 aromatic rings. The van der Waals surface area contributed by atoms with Crippen LogP contribution >= 0.6 is 0 Å². The maximum absolute atomic E-state index is 12.0. The van der Waals surface area contributed by atoms with Crippen molar-refractivity contribution in [1.82, 2.24) is 5.43 Å². The van der Waals surface area contributed by atoms with Gasteiger partial charge in [-0.1, -0.05) is 12.7 Å². The van der Waals surface area contributed by atoms with Gasteiger partial charge in [0.2, 0.25) is 0 Å². The second-order valence-electron chi connectivity index (χ2n) is 5.41. The Balaban J connectivity index is 1.84. The molecule has 8 heteroatoms. The van der Waals surface area contributed by atoms with Gasteiger partial charge in [-0.15, -0.1) is 0 Å². The van der Waals surface area contributed by atoms with Crippen molar-refractivity contribution < 1.29 is 19.2 Å². The minimum atomic E-state index is -0.821. The number of hydrogen-bond donors (Lipinski definition) is 1. The number of nitrogens with zero attached hydrogens (tertiary/aromatic N) is 2. The van der Waals surface area contributed by atoms with Crippen molar-refractivity contribution in [2.24, 2.45) is 5.10 Å². The molecule has 0 saturated heterocycles. The van der Waals surface area contributed by atoms with Crippen LogP contribution in [0.25, 0.3) is 0 Å². The molecule has 1 amide bonds. The first-order valence-corrected chi connectivity index (χ1v) is 8.07. The lowest BCUT2D eigenvalue weighted by Gasteiger charge is -2.12. The smallest absolute Gasteiger partial charge is 0.280 e. The molecule has 0 radical (unpaired) electrons. The molecule has 0 aliphatic heterocycles. The lowest BCUT2D eigenvalue weighted by Crippen LogP contribution is -2.33. The first-order chi connectivity index (χ1) is 13.0. The molecule has 0 heterocycles. The van der Waals surface area contributed by atoms with Gasteiger partial charge in [0.1, 0.15) is 18.1 Å². The normalized spacial score (nSPS) is 11.6. The number of nitro benzene ring substituents is 1. The highest BCUT2D eigenvalue weighted by Gasteiger charge is 2.14. The van der Waals surface area contributed by atoms with Crippen LogP contribution in [0.2, 0.25) is 0 Å². The molecule has 1 unspecified atom stereocenters. The lowest BCUT2D eigenvalue weighted by atomic mass is 10.2. The van der Waals surface area contributed by atoms with Crippen molar-refractivity contribution in [3.63, 3.8) is 0 Å². The summed E-state index contributed by atoms with van der Waals surface area (Å²) in [7, 11) is 0. The number of non-ortho nitro benzene ring substituents is 1. The van der Waals surface area contributed by atoms with E-state index in [1.807, 2.05) is 0 Å². The summed E-state index contributed by atoms with van der Waals surface area (Å²) in [6, 6.07) is 12.6. The fourth-order valence-corrected chi connectivity index (χ4v) is 1.97. The van der Waals surface area contributed by atoms with Gasteiger partial charge >= 0.3 is 0 Å². The van der Waals surface area contributed by atoms with Crippen LogP contribution in [-0.4, -0.2) is 29.8 Å². The first kappa shape index (κ1) is 19.6. The fourth-order valence-electron chi connectivity index (χ4n) is 1.97. The largest absolute Gasteiger partial charge is 0.490 e. The van der Waals surface area contributed by atoms with Gasteiger partial charge in [-0.3, -0.25) is 14.9 Å². The number of nitrogens with one attached hydrogen (secondary N) is 1. The Morgan fingerprint density at radius 2 is 1.85 bits per heavy atom. The van der Waals surface area contributed by atoms with Crippen molar-refractivity contribution in [3.8, 4) is 11.5 Å². The number of carbonyl (C=O) groups is 1. The Morgan fingerprint density at radius 3 is 2.44 bits per heavy atom. The second-order valence-corrected chi connectivity index (χ2v) is 5.41. The summed E-state index contributed by atoms with van der Waals surface area (Å²) in [4.78, 5) is 22.1. The number of nitro groups is 1. The number of benzene rings is 2. The maximum atomic E-state index is 12.0. The van der Waals surface area contributed by atoms with Crippen LogP contribution in [0.3, 0.4) is 0 Å².